The molecule has 2 aliphatic rings. The zero-order chi connectivity index (χ0) is 13.1. The normalized spacial score (nSPS) is 19.8. The first-order valence-corrected chi connectivity index (χ1v) is 7.63. The van der Waals surface area contributed by atoms with Crippen LogP contribution in [-0.2, 0) is 0 Å². The highest BCUT2D eigenvalue weighted by atomic mass is 15.3. The number of nitrogens with zero attached hydrogens (tertiary/aromatic N) is 2. The van der Waals surface area contributed by atoms with Crippen LogP contribution >= 0.6 is 0 Å². The van der Waals surface area contributed by atoms with Crippen LogP contribution in [0, 0.1) is 0 Å². The Morgan fingerprint density at radius 2 is 1.84 bits per heavy atom. The van der Waals surface area contributed by atoms with E-state index in [9.17, 15) is 0 Å². The van der Waals surface area contributed by atoms with E-state index in [1.165, 1.54) is 37.1 Å². The van der Waals surface area contributed by atoms with Crippen LogP contribution in [0.15, 0.2) is 24.3 Å². The predicted octanol–water partition coefficient (Wildman–Crippen LogP) is 2.47. The summed E-state index contributed by atoms with van der Waals surface area (Å²) in [4.78, 5) is 4.88. The Kier molecular flexibility index (Phi) is 3.92. The van der Waals surface area contributed by atoms with Crippen LogP contribution in [0.4, 0.5) is 11.4 Å². The van der Waals surface area contributed by atoms with Gasteiger partial charge < -0.3 is 15.1 Å². The van der Waals surface area contributed by atoms with Crippen LogP contribution in [0.3, 0.4) is 0 Å². The van der Waals surface area contributed by atoms with E-state index in [2.05, 4.69) is 46.4 Å². The molecule has 0 spiro atoms. The highest BCUT2D eigenvalue weighted by molar-refractivity contribution is 5.73. The van der Waals surface area contributed by atoms with Crippen LogP contribution in [0.1, 0.15) is 25.7 Å². The molecule has 0 radical (unpaired) electrons. The van der Waals surface area contributed by atoms with E-state index in [1.54, 1.807) is 0 Å². The number of hydrogen-bond acceptors (Lipinski definition) is 3. The van der Waals surface area contributed by atoms with Crippen molar-refractivity contribution in [3.05, 3.63) is 24.3 Å². The predicted molar refractivity (Wildman–Crippen MR) is 82.2 cm³/mol. The van der Waals surface area contributed by atoms with E-state index >= 15 is 0 Å². The number of likely N-dealkylation sites (N-methyl/N-ethyl adjacent to an activating group) is 1. The minimum atomic E-state index is 0.780. The highest BCUT2D eigenvalue weighted by Gasteiger charge is 2.20. The van der Waals surface area contributed by atoms with Crippen molar-refractivity contribution in [1.82, 2.24) is 5.32 Å². The lowest BCUT2D eigenvalue weighted by Gasteiger charge is -2.37. The van der Waals surface area contributed by atoms with Gasteiger partial charge in [0.2, 0.25) is 0 Å². The monoisotopic (exact) mass is 259 g/mol. The Bertz CT molecular complexity index is 412. The molecule has 1 heterocycles. The molecule has 1 aliphatic carbocycles. The molecule has 0 saturated heterocycles. The summed E-state index contributed by atoms with van der Waals surface area (Å²) in [6.07, 6.45) is 5.57. The molecule has 0 aromatic heterocycles. The quantitative estimate of drug-likeness (QED) is 0.896. The van der Waals surface area contributed by atoms with Crippen molar-refractivity contribution in [1.29, 1.82) is 0 Å². The Balaban J connectivity index is 1.58. The Labute approximate surface area is 116 Å². The Hall–Kier alpha value is -1.22. The molecule has 1 N–H and O–H groups in total. The molecule has 3 rings (SSSR count). The molecule has 3 nitrogen and oxygen atoms in total. The molecule has 0 amide bonds. The molecular weight excluding hydrogens is 234 g/mol. The number of rotatable bonds is 4. The molecule has 0 bridgehead atoms. The first kappa shape index (κ1) is 12.8. The van der Waals surface area contributed by atoms with Crippen LogP contribution in [0.5, 0.6) is 0 Å². The summed E-state index contributed by atoms with van der Waals surface area (Å²) < 4.78 is 0. The number of benzene rings is 1. The van der Waals surface area contributed by atoms with Gasteiger partial charge in [-0.1, -0.05) is 25.0 Å². The van der Waals surface area contributed by atoms with E-state index in [-0.39, 0.29) is 0 Å². The minimum absolute atomic E-state index is 0.780. The summed E-state index contributed by atoms with van der Waals surface area (Å²) in [6, 6.07) is 9.54. The molecule has 19 heavy (non-hydrogen) atoms. The van der Waals surface area contributed by atoms with Crippen LogP contribution < -0.4 is 15.1 Å². The van der Waals surface area contributed by atoms with Crippen molar-refractivity contribution in [3.8, 4) is 0 Å². The first-order valence-electron chi connectivity index (χ1n) is 7.63. The van der Waals surface area contributed by atoms with E-state index < -0.39 is 0 Å². The fourth-order valence-electron chi connectivity index (χ4n) is 3.33. The third-order valence-electron chi connectivity index (χ3n) is 4.51. The van der Waals surface area contributed by atoms with Gasteiger partial charge in [-0.15, -0.1) is 0 Å². The molecule has 0 atom stereocenters. The van der Waals surface area contributed by atoms with Crippen molar-refractivity contribution in [3.63, 3.8) is 0 Å². The van der Waals surface area contributed by atoms with Crippen molar-refractivity contribution >= 4 is 11.4 Å². The van der Waals surface area contributed by atoms with E-state index in [0.29, 0.717) is 0 Å². The third-order valence-corrected chi connectivity index (χ3v) is 4.51. The SMILES string of the molecule is CN1CCN(CCNC2CCCC2)c2ccccc21. The van der Waals surface area contributed by atoms with Crippen molar-refractivity contribution in [2.45, 2.75) is 31.7 Å². The maximum Gasteiger partial charge on any atom is 0.0605 e. The van der Waals surface area contributed by atoms with Gasteiger partial charge in [0.15, 0.2) is 0 Å². The number of hydrogen-bond donors (Lipinski definition) is 1. The Morgan fingerprint density at radius 1 is 1.11 bits per heavy atom. The average Bonchev–Trinajstić information content (AvgIpc) is 2.95. The van der Waals surface area contributed by atoms with Crippen molar-refractivity contribution in [2.24, 2.45) is 0 Å². The maximum absolute atomic E-state index is 3.72. The topological polar surface area (TPSA) is 18.5 Å². The number of anilines is 2. The number of nitrogens with one attached hydrogen (secondary N) is 1. The van der Waals surface area contributed by atoms with Crippen molar-refractivity contribution < 1.29 is 0 Å². The van der Waals surface area contributed by atoms with Gasteiger partial charge in [0.25, 0.3) is 0 Å². The zero-order valence-electron chi connectivity index (χ0n) is 11.9. The third kappa shape index (κ3) is 2.86. The number of para-hydroxylation sites is 2. The largest absolute Gasteiger partial charge is 0.371 e. The van der Waals surface area contributed by atoms with Gasteiger partial charge in [-0.25, -0.2) is 0 Å². The fraction of sp³-hybridized carbons (Fsp3) is 0.625. The summed E-state index contributed by atoms with van der Waals surface area (Å²) in [5, 5.41) is 3.72. The summed E-state index contributed by atoms with van der Waals surface area (Å²) in [5.74, 6) is 0. The van der Waals surface area contributed by atoms with Crippen LogP contribution in [-0.4, -0.2) is 39.3 Å². The van der Waals surface area contributed by atoms with E-state index in [0.717, 1.165) is 32.2 Å². The molecule has 104 valence electrons. The molecule has 1 aliphatic heterocycles. The number of fused-ring (bicyclic) bond motifs is 1. The smallest absolute Gasteiger partial charge is 0.0605 e. The van der Waals surface area contributed by atoms with Crippen molar-refractivity contribution in [2.75, 3.05) is 43.0 Å². The lowest BCUT2D eigenvalue weighted by Crippen LogP contribution is -2.43. The molecule has 1 aromatic carbocycles. The zero-order valence-corrected chi connectivity index (χ0v) is 11.9. The van der Waals surface area contributed by atoms with Crippen LogP contribution in [0.2, 0.25) is 0 Å². The summed E-state index contributed by atoms with van der Waals surface area (Å²) >= 11 is 0. The molecule has 1 fully saturated rings. The minimum Gasteiger partial charge on any atom is -0.371 e. The summed E-state index contributed by atoms with van der Waals surface area (Å²) in [7, 11) is 2.19. The highest BCUT2D eigenvalue weighted by Crippen LogP contribution is 2.31. The lowest BCUT2D eigenvalue weighted by molar-refractivity contribution is 0.522. The molecule has 1 aromatic rings. The molecule has 3 heteroatoms. The molecule has 1 saturated carbocycles. The second kappa shape index (κ2) is 5.83. The fourth-order valence-corrected chi connectivity index (χ4v) is 3.33. The van der Waals surface area contributed by atoms with Gasteiger partial charge in [-0.2, -0.15) is 0 Å². The van der Waals surface area contributed by atoms with E-state index in [1.807, 2.05) is 0 Å². The molecular formula is C16H25N3. The average molecular weight is 259 g/mol. The first-order chi connectivity index (χ1) is 9.34. The summed E-state index contributed by atoms with van der Waals surface area (Å²) in [5.41, 5.74) is 2.76. The summed E-state index contributed by atoms with van der Waals surface area (Å²) in [6.45, 7) is 4.50. The second-order valence-electron chi connectivity index (χ2n) is 5.83. The van der Waals surface area contributed by atoms with E-state index in [4.69, 9.17) is 0 Å². The standard InChI is InChI=1S/C16H25N3/c1-18-12-13-19(16-9-5-4-8-15(16)18)11-10-17-14-6-2-3-7-14/h4-5,8-9,14,17H,2-3,6-7,10-13H2,1H3. The maximum atomic E-state index is 3.72. The lowest BCUT2D eigenvalue weighted by atomic mass is 10.1. The Morgan fingerprint density at radius 3 is 2.63 bits per heavy atom. The van der Waals surface area contributed by atoms with Gasteiger partial charge in [0.1, 0.15) is 0 Å². The van der Waals surface area contributed by atoms with Crippen LogP contribution in [0.25, 0.3) is 0 Å². The van der Waals surface area contributed by atoms with Gasteiger partial charge >= 0.3 is 0 Å². The molecule has 0 unspecified atom stereocenters. The van der Waals surface area contributed by atoms with Gasteiger partial charge in [-0.05, 0) is 25.0 Å². The van der Waals surface area contributed by atoms with Gasteiger partial charge in [0, 0.05) is 39.3 Å². The van der Waals surface area contributed by atoms with Gasteiger partial charge in [-0.3, -0.25) is 0 Å². The second-order valence-corrected chi connectivity index (χ2v) is 5.83. The van der Waals surface area contributed by atoms with Gasteiger partial charge in [0.05, 0.1) is 11.4 Å².